The average molecular weight is 487 g/mol. The molecule has 31 heavy (non-hydrogen) atoms. The molecule has 1 N–H and O–H groups in total. The highest BCUT2D eigenvalue weighted by atomic mass is 79.9. The third-order valence-electron chi connectivity index (χ3n) is 4.48. The van der Waals surface area contributed by atoms with Crippen LogP contribution in [-0.2, 0) is 19.8 Å². The van der Waals surface area contributed by atoms with Crippen molar-refractivity contribution in [2.45, 2.75) is 33.7 Å². The van der Waals surface area contributed by atoms with Crippen LogP contribution in [0.15, 0.2) is 65.1 Å². The molecular formula is C25H27BrO5. The fourth-order valence-electron chi connectivity index (χ4n) is 3.04. The van der Waals surface area contributed by atoms with Crippen molar-refractivity contribution in [2.75, 3.05) is 13.2 Å². The number of halogens is 1. The number of aliphatic hydroxyl groups excluding tert-OH is 1. The van der Waals surface area contributed by atoms with Crippen LogP contribution >= 0.6 is 15.9 Å². The Morgan fingerprint density at radius 3 is 2.06 bits per heavy atom. The Hall–Kier alpha value is -2.70. The summed E-state index contributed by atoms with van der Waals surface area (Å²) < 4.78 is 24.2. The fourth-order valence-corrected chi connectivity index (χ4v) is 3.64. The minimum Gasteiger partial charge on any atom is -0.490 e. The molecule has 0 aliphatic rings. The number of hydrogen-bond acceptors (Lipinski definition) is 5. The van der Waals surface area contributed by atoms with Crippen molar-refractivity contribution in [3.8, 4) is 23.0 Å². The molecule has 5 nitrogen and oxygen atoms in total. The van der Waals surface area contributed by atoms with Crippen molar-refractivity contribution in [2.24, 2.45) is 0 Å². The summed E-state index contributed by atoms with van der Waals surface area (Å²) in [4.78, 5) is 0. The fraction of sp³-hybridized carbons (Fsp3) is 0.280. The van der Waals surface area contributed by atoms with Gasteiger partial charge in [0.25, 0.3) is 0 Å². The molecular weight excluding hydrogens is 460 g/mol. The lowest BCUT2D eigenvalue weighted by Crippen LogP contribution is -2.03. The first kappa shape index (κ1) is 23.0. The van der Waals surface area contributed by atoms with Crippen LogP contribution in [-0.4, -0.2) is 18.3 Å². The van der Waals surface area contributed by atoms with E-state index in [9.17, 15) is 5.11 Å². The zero-order valence-corrected chi connectivity index (χ0v) is 19.4. The Kier molecular flexibility index (Phi) is 8.62. The summed E-state index contributed by atoms with van der Waals surface area (Å²) in [5, 5.41) is 9.43. The van der Waals surface area contributed by atoms with Gasteiger partial charge in [0.15, 0.2) is 23.0 Å². The molecule has 0 aliphatic carbocycles. The van der Waals surface area contributed by atoms with E-state index in [1.807, 2.05) is 68.4 Å². The highest BCUT2D eigenvalue weighted by molar-refractivity contribution is 9.10. The lowest BCUT2D eigenvalue weighted by molar-refractivity contribution is 0.258. The van der Waals surface area contributed by atoms with Gasteiger partial charge in [-0.05, 0) is 70.7 Å². The van der Waals surface area contributed by atoms with E-state index in [1.165, 1.54) is 0 Å². The predicted molar refractivity (Wildman–Crippen MR) is 124 cm³/mol. The largest absolute Gasteiger partial charge is 0.490 e. The van der Waals surface area contributed by atoms with Crippen molar-refractivity contribution in [1.82, 2.24) is 0 Å². The van der Waals surface area contributed by atoms with Crippen LogP contribution in [0.1, 0.15) is 30.5 Å². The molecule has 6 heteroatoms. The first-order chi connectivity index (χ1) is 15.1. The highest BCUT2D eigenvalue weighted by Gasteiger charge is 2.14. The van der Waals surface area contributed by atoms with Gasteiger partial charge in [0.1, 0.15) is 13.2 Å². The maximum absolute atomic E-state index is 9.43. The van der Waals surface area contributed by atoms with Gasteiger partial charge in [-0.2, -0.15) is 0 Å². The van der Waals surface area contributed by atoms with Crippen LogP contribution in [0.4, 0.5) is 0 Å². The van der Waals surface area contributed by atoms with E-state index in [4.69, 9.17) is 18.9 Å². The predicted octanol–water partition coefficient (Wildman–Crippen LogP) is 5.90. The molecule has 0 amide bonds. The number of benzene rings is 3. The van der Waals surface area contributed by atoms with E-state index in [-0.39, 0.29) is 6.61 Å². The van der Waals surface area contributed by atoms with E-state index in [1.54, 1.807) is 6.07 Å². The molecule has 0 aliphatic heterocycles. The average Bonchev–Trinajstić information content (AvgIpc) is 2.79. The molecule has 164 valence electrons. The Balaban J connectivity index is 1.74. The summed E-state index contributed by atoms with van der Waals surface area (Å²) in [6, 6.07) is 19.4. The van der Waals surface area contributed by atoms with Gasteiger partial charge in [0, 0.05) is 0 Å². The quantitative estimate of drug-likeness (QED) is 0.365. The van der Waals surface area contributed by atoms with Gasteiger partial charge in [-0.25, -0.2) is 0 Å². The molecule has 3 rings (SSSR count). The van der Waals surface area contributed by atoms with Crippen LogP contribution in [0, 0.1) is 0 Å². The van der Waals surface area contributed by atoms with Gasteiger partial charge in [-0.3, -0.25) is 0 Å². The van der Waals surface area contributed by atoms with E-state index in [0.717, 1.165) is 21.2 Å². The molecule has 0 heterocycles. The SMILES string of the molecule is CCOc1cc(COc2c(Br)cc(CO)cc2OCC)ccc1OCc1ccccc1. The summed E-state index contributed by atoms with van der Waals surface area (Å²) in [5.41, 5.74) is 2.79. The second kappa shape index (κ2) is 11.6. The third kappa shape index (κ3) is 6.39. The molecule has 0 saturated heterocycles. The van der Waals surface area contributed by atoms with Crippen molar-refractivity contribution >= 4 is 15.9 Å². The van der Waals surface area contributed by atoms with Gasteiger partial charge < -0.3 is 24.1 Å². The van der Waals surface area contributed by atoms with Crippen LogP contribution in [0.5, 0.6) is 23.0 Å². The molecule has 0 atom stereocenters. The summed E-state index contributed by atoms with van der Waals surface area (Å²) in [6.07, 6.45) is 0. The van der Waals surface area contributed by atoms with E-state index in [0.29, 0.717) is 49.4 Å². The molecule has 0 bridgehead atoms. The van der Waals surface area contributed by atoms with Gasteiger partial charge in [0.2, 0.25) is 0 Å². The highest BCUT2D eigenvalue weighted by Crippen LogP contribution is 2.38. The first-order valence-electron chi connectivity index (χ1n) is 10.3. The molecule has 0 spiro atoms. The number of hydrogen-bond donors (Lipinski definition) is 1. The van der Waals surface area contributed by atoms with Crippen LogP contribution in [0.3, 0.4) is 0 Å². The summed E-state index contributed by atoms with van der Waals surface area (Å²) in [6.45, 7) is 5.62. The zero-order chi connectivity index (χ0) is 22.1. The van der Waals surface area contributed by atoms with Crippen molar-refractivity contribution in [3.63, 3.8) is 0 Å². The summed E-state index contributed by atoms with van der Waals surface area (Å²) in [7, 11) is 0. The molecule has 3 aromatic carbocycles. The second-order valence-electron chi connectivity index (χ2n) is 6.77. The zero-order valence-electron chi connectivity index (χ0n) is 17.8. The Bertz CT molecular complexity index is 975. The van der Waals surface area contributed by atoms with E-state index < -0.39 is 0 Å². The van der Waals surface area contributed by atoms with E-state index in [2.05, 4.69) is 15.9 Å². The Labute approximate surface area is 191 Å². The molecule has 0 fully saturated rings. The maximum Gasteiger partial charge on any atom is 0.175 e. The van der Waals surface area contributed by atoms with E-state index >= 15 is 0 Å². The Morgan fingerprint density at radius 1 is 0.677 bits per heavy atom. The minimum atomic E-state index is -0.0683. The van der Waals surface area contributed by atoms with Crippen LogP contribution in [0.2, 0.25) is 0 Å². The smallest absolute Gasteiger partial charge is 0.175 e. The molecule has 0 aromatic heterocycles. The minimum absolute atomic E-state index is 0.0683. The van der Waals surface area contributed by atoms with Gasteiger partial charge in [-0.1, -0.05) is 36.4 Å². The monoisotopic (exact) mass is 486 g/mol. The normalized spacial score (nSPS) is 10.6. The standard InChI is InChI=1S/C25H27BrO5/c1-3-28-23-13-19(10-11-22(23)30-16-18-8-6-5-7-9-18)17-31-25-21(26)12-20(15-27)14-24(25)29-4-2/h5-14,27H,3-4,15-17H2,1-2H3. The molecule has 0 radical (unpaired) electrons. The molecule has 0 saturated carbocycles. The number of rotatable bonds is 11. The van der Waals surface area contributed by atoms with Gasteiger partial charge in [0.05, 0.1) is 24.3 Å². The van der Waals surface area contributed by atoms with Crippen molar-refractivity contribution in [1.29, 1.82) is 0 Å². The molecule has 3 aromatic rings. The molecule has 0 unspecified atom stereocenters. The van der Waals surface area contributed by atoms with Crippen LogP contribution in [0.25, 0.3) is 0 Å². The topological polar surface area (TPSA) is 57.2 Å². The Morgan fingerprint density at radius 2 is 1.35 bits per heavy atom. The van der Waals surface area contributed by atoms with Gasteiger partial charge in [-0.15, -0.1) is 0 Å². The van der Waals surface area contributed by atoms with Gasteiger partial charge >= 0.3 is 0 Å². The summed E-state index contributed by atoms with van der Waals surface area (Å²) in [5.74, 6) is 2.56. The first-order valence-corrected chi connectivity index (χ1v) is 11.0. The lowest BCUT2D eigenvalue weighted by Gasteiger charge is -2.16. The summed E-state index contributed by atoms with van der Waals surface area (Å²) >= 11 is 3.52. The maximum atomic E-state index is 9.43. The van der Waals surface area contributed by atoms with Crippen molar-refractivity contribution < 1.29 is 24.1 Å². The lowest BCUT2D eigenvalue weighted by atomic mass is 10.2. The number of aliphatic hydroxyl groups is 1. The third-order valence-corrected chi connectivity index (χ3v) is 5.07. The second-order valence-corrected chi connectivity index (χ2v) is 7.63. The van der Waals surface area contributed by atoms with Crippen molar-refractivity contribution in [3.05, 3.63) is 81.8 Å². The number of ether oxygens (including phenoxy) is 4. The van der Waals surface area contributed by atoms with Crippen LogP contribution < -0.4 is 18.9 Å².